The highest BCUT2D eigenvalue weighted by molar-refractivity contribution is 5.37. The van der Waals surface area contributed by atoms with Gasteiger partial charge in [0.05, 0.1) is 6.07 Å². The molecule has 1 rings (SSSR count). The number of carbonyl (C=O) groups excluding carboxylic acids is 1. The fourth-order valence-electron chi connectivity index (χ4n) is 0.739. The van der Waals surface area contributed by atoms with Gasteiger partial charge in [-0.25, -0.2) is 0 Å². The smallest absolute Gasteiger partial charge is 0.293 e. The minimum Gasteiger partial charge on any atom is -0.462 e. The maximum absolute atomic E-state index is 9.60. The molecule has 1 heterocycles. The third-order valence-corrected chi connectivity index (χ3v) is 1.78. The standard InChI is InChI=1S/C6H8N2.C5H10O2/c1-5(2-7)6-3-8-4-6;1-5(2,3)7-4-6/h8H,3-4H2,1H3;4H,1-3H3. The predicted molar refractivity (Wildman–Crippen MR) is 58.1 cm³/mol. The zero-order valence-electron chi connectivity index (χ0n) is 9.76. The van der Waals surface area contributed by atoms with Gasteiger partial charge in [0.1, 0.15) is 5.60 Å². The Morgan fingerprint density at radius 2 is 2.07 bits per heavy atom. The number of ether oxygens (including phenoxy) is 1. The number of nitrogens with zero attached hydrogens (tertiary/aromatic N) is 1. The molecule has 0 amide bonds. The lowest BCUT2D eigenvalue weighted by Crippen LogP contribution is -2.34. The summed E-state index contributed by atoms with van der Waals surface area (Å²) in [5, 5.41) is 11.4. The third-order valence-electron chi connectivity index (χ3n) is 1.78. The first-order chi connectivity index (χ1) is 6.90. The Hall–Kier alpha value is -1.34. The van der Waals surface area contributed by atoms with Crippen LogP contribution in [-0.2, 0) is 9.53 Å². The minimum absolute atomic E-state index is 0.318. The minimum atomic E-state index is -0.318. The molecular formula is C11H18N2O2. The topological polar surface area (TPSA) is 62.1 Å². The molecule has 4 nitrogen and oxygen atoms in total. The molecule has 4 heteroatoms. The summed E-state index contributed by atoms with van der Waals surface area (Å²) in [6.07, 6.45) is 0. The zero-order chi connectivity index (χ0) is 11.9. The van der Waals surface area contributed by atoms with Crippen molar-refractivity contribution in [2.24, 2.45) is 0 Å². The average molecular weight is 210 g/mol. The van der Waals surface area contributed by atoms with E-state index >= 15 is 0 Å². The van der Waals surface area contributed by atoms with E-state index in [1.165, 1.54) is 5.57 Å². The first kappa shape index (κ1) is 13.7. The van der Waals surface area contributed by atoms with Crippen molar-refractivity contribution < 1.29 is 9.53 Å². The van der Waals surface area contributed by atoms with Crippen molar-refractivity contribution in [1.82, 2.24) is 5.32 Å². The summed E-state index contributed by atoms with van der Waals surface area (Å²) in [5.74, 6) is 0. The van der Waals surface area contributed by atoms with Crippen LogP contribution >= 0.6 is 0 Å². The molecule has 1 aliphatic rings. The largest absolute Gasteiger partial charge is 0.462 e. The molecule has 0 saturated carbocycles. The molecule has 1 aliphatic heterocycles. The van der Waals surface area contributed by atoms with E-state index in [2.05, 4.69) is 16.1 Å². The first-order valence-electron chi connectivity index (χ1n) is 4.81. The summed E-state index contributed by atoms with van der Waals surface area (Å²) < 4.78 is 4.55. The normalized spacial score (nSPS) is 13.9. The third kappa shape index (κ3) is 6.69. The Morgan fingerprint density at radius 3 is 2.13 bits per heavy atom. The summed E-state index contributed by atoms with van der Waals surface area (Å²) in [4.78, 5) is 9.60. The van der Waals surface area contributed by atoms with E-state index in [4.69, 9.17) is 5.26 Å². The Morgan fingerprint density at radius 1 is 1.53 bits per heavy atom. The van der Waals surface area contributed by atoms with Gasteiger partial charge in [-0.3, -0.25) is 4.79 Å². The second kappa shape index (κ2) is 6.20. The SMILES string of the molecule is CC(C#N)=C1CNC1.CC(C)(C)OC=O. The predicted octanol–water partition coefficient (Wildman–Crippen LogP) is 1.39. The van der Waals surface area contributed by atoms with Crippen molar-refractivity contribution in [3.8, 4) is 6.07 Å². The van der Waals surface area contributed by atoms with Gasteiger partial charge in [-0.15, -0.1) is 0 Å². The summed E-state index contributed by atoms with van der Waals surface area (Å²) in [6, 6.07) is 2.11. The Bertz CT molecular complexity index is 276. The van der Waals surface area contributed by atoms with Gasteiger partial charge in [0.15, 0.2) is 0 Å². The van der Waals surface area contributed by atoms with E-state index in [1.807, 2.05) is 27.7 Å². The van der Waals surface area contributed by atoms with Gasteiger partial charge in [0, 0.05) is 18.7 Å². The Labute approximate surface area is 90.9 Å². The second-order valence-electron chi connectivity index (χ2n) is 4.27. The van der Waals surface area contributed by atoms with E-state index in [9.17, 15) is 4.79 Å². The average Bonchev–Trinajstić information content (AvgIpc) is 1.99. The summed E-state index contributed by atoms with van der Waals surface area (Å²) in [7, 11) is 0. The molecule has 0 aromatic rings. The van der Waals surface area contributed by atoms with Crippen LogP contribution in [0.5, 0.6) is 0 Å². The molecule has 0 spiro atoms. The van der Waals surface area contributed by atoms with Crippen molar-refractivity contribution in [2.45, 2.75) is 33.3 Å². The molecule has 1 fully saturated rings. The number of carbonyl (C=O) groups is 1. The highest BCUT2D eigenvalue weighted by Gasteiger charge is 2.09. The van der Waals surface area contributed by atoms with E-state index in [0.29, 0.717) is 6.47 Å². The molecule has 1 saturated heterocycles. The number of nitriles is 1. The molecule has 0 aromatic carbocycles. The number of hydrogen-bond acceptors (Lipinski definition) is 4. The van der Waals surface area contributed by atoms with Gasteiger partial charge in [-0.1, -0.05) is 0 Å². The van der Waals surface area contributed by atoms with Crippen LogP contribution in [0.1, 0.15) is 27.7 Å². The number of rotatable bonds is 1. The van der Waals surface area contributed by atoms with Crippen molar-refractivity contribution in [3.05, 3.63) is 11.1 Å². The first-order valence-corrected chi connectivity index (χ1v) is 4.81. The van der Waals surface area contributed by atoms with Gasteiger partial charge in [0.2, 0.25) is 0 Å². The van der Waals surface area contributed by atoms with Crippen LogP contribution in [0.25, 0.3) is 0 Å². The van der Waals surface area contributed by atoms with Crippen molar-refractivity contribution in [3.63, 3.8) is 0 Å². The molecule has 0 aromatic heterocycles. The molecule has 0 radical (unpaired) electrons. The summed E-state index contributed by atoms with van der Waals surface area (Å²) in [5.41, 5.74) is 1.82. The Balaban J connectivity index is 0.000000265. The maximum atomic E-state index is 9.60. The second-order valence-corrected chi connectivity index (χ2v) is 4.27. The molecule has 0 atom stereocenters. The quantitative estimate of drug-likeness (QED) is 0.524. The van der Waals surface area contributed by atoms with Crippen LogP contribution < -0.4 is 5.32 Å². The molecule has 0 bridgehead atoms. The van der Waals surface area contributed by atoms with Crippen LogP contribution in [-0.4, -0.2) is 25.2 Å². The van der Waals surface area contributed by atoms with Gasteiger partial charge >= 0.3 is 0 Å². The lowest BCUT2D eigenvalue weighted by atomic mass is 10.1. The number of hydrogen-bond donors (Lipinski definition) is 1. The molecule has 0 aliphatic carbocycles. The Kier molecular flexibility index (Phi) is 5.65. The highest BCUT2D eigenvalue weighted by Crippen LogP contribution is 2.06. The maximum Gasteiger partial charge on any atom is 0.293 e. The fourth-order valence-corrected chi connectivity index (χ4v) is 0.739. The fraction of sp³-hybridized carbons (Fsp3) is 0.636. The van der Waals surface area contributed by atoms with E-state index in [-0.39, 0.29) is 5.60 Å². The zero-order valence-corrected chi connectivity index (χ0v) is 9.76. The highest BCUT2D eigenvalue weighted by atomic mass is 16.5. The van der Waals surface area contributed by atoms with Crippen LogP contribution in [0.2, 0.25) is 0 Å². The van der Waals surface area contributed by atoms with Gasteiger partial charge in [0.25, 0.3) is 6.47 Å². The van der Waals surface area contributed by atoms with Gasteiger partial charge in [-0.05, 0) is 33.3 Å². The lowest BCUT2D eigenvalue weighted by molar-refractivity contribution is -0.138. The van der Waals surface area contributed by atoms with Crippen LogP contribution in [0.4, 0.5) is 0 Å². The van der Waals surface area contributed by atoms with E-state index < -0.39 is 0 Å². The molecular weight excluding hydrogens is 192 g/mol. The molecule has 84 valence electrons. The lowest BCUT2D eigenvalue weighted by Gasteiger charge is -2.18. The summed E-state index contributed by atoms with van der Waals surface area (Å²) in [6.45, 7) is 9.61. The van der Waals surface area contributed by atoms with Crippen molar-refractivity contribution in [1.29, 1.82) is 5.26 Å². The molecule has 1 N–H and O–H groups in total. The van der Waals surface area contributed by atoms with Crippen molar-refractivity contribution >= 4 is 6.47 Å². The van der Waals surface area contributed by atoms with E-state index in [0.717, 1.165) is 18.7 Å². The van der Waals surface area contributed by atoms with Crippen molar-refractivity contribution in [2.75, 3.05) is 13.1 Å². The van der Waals surface area contributed by atoms with Crippen LogP contribution in [0.3, 0.4) is 0 Å². The van der Waals surface area contributed by atoms with Gasteiger partial charge in [-0.2, -0.15) is 5.26 Å². The molecule has 15 heavy (non-hydrogen) atoms. The number of allylic oxidation sites excluding steroid dienone is 1. The van der Waals surface area contributed by atoms with E-state index in [1.54, 1.807) is 0 Å². The van der Waals surface area contributed by atoms with Crippen LogP contribution in [0.15, 0.2) is 11.1 Å². The van der Waals surface area contributed by atoms with Crippen LogP contribution in [0, 0.1) is 11.3 Å². The monoisotopic (exact) mass is 210 g/mol. The summed E-state index contributed by atoms with van der Waals surface area (Å²) >= 11 is 0. The number of nitrogens with one attached hydrogen (secondary N) is 1. The van der Waals surface area contributed by atoms with Gasteiger partial charge < -0.3 is 10.1 Å². The molecule has 0 unspecified atom stereocenters.